The van der Waals surface area contributed by atoms with Crippen molar-refractivity contribution in [3.05, 3.63) is 54.4 Å². The van der Waals surface area contributed by atoms with Crippen molar-refractivity contribution in [2.24, 2.45) is 11.1 Å². The Bertz CT molecular complexity index is 842. The van der Waals surface area contributed by atoms with E-state index in [9.17, 15) is 14.8 Å². The summed E-state index contributed by atoms with van der Waals surface area (Å²) in [4.78, 5) is 22.0. The lowest BCUT2D eigenvalue weighted by Gasteiger charge is -2.20. The maximum Gasteiger partial charge on any atom is 0.475 e. The van der Waals surface area contributed by atoms with Gasteiger partial charge in [0.15, 0.2) is 0 Å². The van der Waals surface area contributed by atoms with Gasteiger partial charge in [0.25, 0.3) is 5.91 Å². The van der Waals surface area contributed by atoms with E-state index in [-0.39, 0.29) is 5.92 Å². The van der Waals surface area contributed by atoms with Crippen molar-refractivity contribution in [3.8, 4) is 11.1 Å². The number of hydrogen-bond donors (Lipinski definition) is 3. The third-order valence-corrected chi connectivity index (χ3v) is 4.55. The molecule has 2 aromatic rings. The first-order valence-electron chi connectivity index (χ1n) is 9.34. The molecule has 0 spiro atoms. The summed E-state index contributed by atoms with van der Waals surface area (Å²) in [7, 11) is -1.63. The molecule has 3 rings (SSSR count). The normalized spacial score (nSPS) is 17.0. The number of nitrogens with one attached hydrogen (secondary N) is 1. The lowest BCUT2D eigenvalue weighted by atomic mass is 9.75. The highest BCUT2D eigenvalue weighted by Crippen LogP contribution is 2.22. The number of aromatic nitrogens is 1. The predicted molar refractivity (Wildman–Crippen MR) is 107 cm³/mol. The molecule has 146 valence electrons. The predicted octanol–water partition coefficient (Wildman–Crippen LogP) is 1.78. The smallest absolute Gasteiger partial charge is 0.426 e. The molecule has 0 fully saturated rings. The van der Waals surface area contributed by atoms with Crippen LogP contribution in [0.5, 0.6) is 0 Å². The Morgan fingerprint density at radius 2 is 1.93 bits per heavy atom. The average Bonchev–Trinajstić information content (AvgIpc) is 3.18. The second kappa shape index (κ2) is 8.99. The van der Waals surface area contributed by atoms with Crippen LogP contribution in [0, 0.1) is 5.92 Å². The molecule has 1 aliphatic heterocycles. The van der Waals surface area contributed by atoms with Gasteiger partial charge >= 0.3 is 7.12 Å². The number of carbonyl (C=O) groups excluding carboxylic acids is 1. The third kappa shape index (κ3) is 4.96. The lowest BCUT2D eigenvalue weighted by molar-refractivity contribution is -0.131. The van der Waals surface area contributed by atoms with Crippen LogP contribution in [-0.4, -0.2) is 45.8 Å². The van der Waals surface area contributed by atoms with Crippen LogP contribution in [-0.2, 0) is 9.63 Å². The van der Waals surface area contributed by atoms with Crippen molar-refractivity contribution in [1.82, 2.24) is 10.3 Å². The minimum Gasteiger partial charge on any atom is -0.426 e. The van der Waals surface area contributed by atoms with Crippen molar-refractivity contribution in [1.29, 1.82) is 0 Å². The van der Waals surface area contributed by atoms with E-state index >= 15 is 0 Å². The minimum atomic E-state index is -1.63. The van der Waals surface area contributed by atoms with E-state index < -0.39 is 25.1 Å². The number of nitrogens with zero attached hydrogens (tertiary/aromatic N) is 2. The molecule has 1 aromatic heterocycles. The molecule has 0 aliphatic carbocycles. The summed E-state index contributed by atoms with van der Waals surface area (Å²) in [6.45, 7) is 3.89. The van der Waals surface area contributed by atoms with Gasteiger partial charge in [0.1, 0.15) is 0 Å². The molecule has 0 saturated carbocycles. The van der Waals surface area contributed by atoms with Gasteiger partial charge < -0.3 is 20.2 Å². The van der Waals surface area contributed by atoms with Gasteiger partial charge in [-0.05, 0) is 24.0 Å². The van der Waals surface area contributed by atoms with Crippen LogP contribution >= 0.6 is 0 Å². The highest BCUT2D eigenvalue weighted by molar-refractivity contribution is 6.43. The van der Waals surface area contributed by atoms with Crippen LogP contribution in [0.2, 0.25) is 0 Å². The van der Waals surface area contributed by atoms with Gasteiger partial charge in [-0.3, -0.25) is 9.78 Å². The number of carbonyl (C=O) groups is 1. The van der Waals surface area contributed by atoms with Gasteiger partial charge in [-0.2, -0.15) is 0 Å². The molecule has 0 bridgehead atoms. The quantitative estimate of drug-likeness (QED) is 0.635. The molecule has 28 heavy (non-hydrogen) atoms. The summed E-state index contributed by atoms with van der Waals surface area (Å²) >= 11 is 0. The standard InChI is InChI=1S/C20H24BN3O4/c1-13(2)8-19(21(26)27)23-20(25)18-10-17(24-28-18)16-9-15(11-22-12-16)14-6-4-3-5-7-14/h3-7,9,11-13,18-19,26-27H,8,10H2,1-2H3,(H,23,25)/t18?,19-/m0/s1. The van der Waals surface area contributed by atoms with Gasteiger partial charge in [0, 0.05) is 29.9 Å². The van der Waals surface area contributed by atoms with E-state index in [0.717, 1.165) is 16.7 Å². The minimum absolute atomic E-state index is 0.204. The van der Waals surface area contributed by atoms with E-state index in [0.29, 0.717) is 18.6 Å². The Morgan fingerprint density at radius 1 is 1.21 bits per heavy atom. The van der Waals surface area contributed by atoms with Crippen molar-refractivity contribution in [2.45, 2.75) is 38.7 Å². The Hall–Kier alpha value is -2.71. The summed E-state index contributed by atoms with van der Waals surface area (Å²) in [5.41, 5.74) is 3.42. The van der Waals surface area contributed by atoms with Gasteiger partial charge in [-0.1, -0.05) is 49.3 Å². The van der Waals surface area contributed by atoms with E-state index in [4.69, 9.17) is 4.84 Å². The largest absolute Gasteiger partial charge is 0.475 e. The monoisotopic (exact) mass is 381 g/mol. The lowest BCUT2D eigenvalue weighted by Crippen LogP contribution is -2.50. The van der Waals surface area contributed by atoms with Crippen LogP contribution in [0.1, 0.15) is 32.3 Å². The first-order valence-corrected chi connectivity index (χ1v) is 9.34. The molecule has 2 atom stereocenters. The van der Waals surface area contributed by atoms with Gasteiger partial charge in [0.05, 0.1) is 11.7 Å². The summed E-state index contributed by atoms with van der Waals surface area (Å²) < 4.78 is 0. The molecule has 0 radical (unpaired) electrons. The molecule has 1 amide bonds. The third-order valence-electron chi connectivity index (χ3n) is 4.55. The van der Waals surface area contributed by atoms with E-state index in [2.05, 4.69) is 15.5 Å². The number of amides is 1. The van der Waals surface area contributed by atoms with Crippen molar-refractivity contribution >= 4 is 18.7 Å². The van der Waals surface area contributed by atoms with Crippen LogP contribution in [0.3, 0.4) is 0 Å². The van der Waals surface area contributed by atoms with Crippen molar-refractivity contribution in [3.63, 3.8) is 0 Å². The fourth-order valence-electron chi connectivity index (χ4n) is 3.11. The zero-order valence-corrected chi connectivity index (χ0v) is 15.9. The molecule has 1 aromatic carbocycles. The first-order chi connectivity index (χ1) is 13.4. The van der Waals surface area contributed by atoms with Gasteiger partial charge in [-0.25, -0.2) is 0 Å². The first kappa shape index (κ1) is 20.0. The fraction of sp³-hybridized carbons (Fsp3) is 0.350. The second-order valence-electron chi connectivity index (χ2n) is 7.32. The van der Waals surface area contributed by atoms with Crippen LogP contribution < -0.4 is 5.32 Å². The van der Waals surface area contributed by atoms with E-state index in [1.54, 1.807) is 12.4 Å². The van der Waals surface area contributed by atoms with Crippen LogP contribution in [0.15, 0.2) is 53.9 Å². The summed E-state index contributed by atoms with van der Waals surface area (Å²) in [5.74, 6) is -0.955. The summed E-state index contributed by atoms with van der Waals surface area (Å²) in [6.07, 6.45) is 3.41. The molecular formula is C20H24BN3O4. The molecule has 1 unspecified atom stereocenters. The summed E-state index contributed by atoms with van der Waals surface area (Å²) in [5, 5.41) is 25.7. The number of rotatable bonds is 7. The van der Waals surface area contributed by atoms with Crippen LogP contribution in [0.25, 0.3) is 11.1 Å². The van der Waals surface area contributed by atoms with E-state index in [1.807, 2.05) is 50.2 Å². The topological polar surface area (TPSA) is 104 Å². The van der Waals surface area contributed by atoms with E-state index in [1.165, 1.54) is 0 Å². The van der Waals surface area contributed by atoms with Crippen molar-refractivity contribution in [2.75, 3.05) is 0 Å². The maximum atomic E-state index is 12.5. The SMILES string of the molecule is CC(C)C[C@H](NC(=O)C1CC(c2cncc(-c3ccccc3)c2)=NO1)B(O)O. The van der Waals surface area contributed by atoms with Crippen molar-refractivity contribution < 1.29 is 19.7 Å². The molecule has 1 aliphatic rings. The molecule has 7 nitrogen and oxygen atoms in total. The number of oxime groups is 1. The Morgan fingerprint density at radius 3 is 2.61 bits per heavy atom. The molecular weight excluding hydrogens is 357 g/mol. The molecule has 0 saturated heterocycles. The number of hydrogen-bond acceptors (Lipinski definition) is 6. The average molecular weight is 381 g/mol. The zero-order valence-electron chi connectivity index (χ0n) is 15.9. The Labute approximate surface area is 164 Å². The van der Waals surface area contributed by atoms with Gasteiger partial charge in [0.2, 0.25) is 6.10 Å². The molecule has 3 N–H and O–H groups in total. The highest BCUT2D eigenvalue weighted by atomic mass is 16.6. The molecule has 8 heteroatoms. The Kier molecular flexibility index (Phi) is 6.43. The Balaban J connectivity index is 1.66. The highest BCUT2D eigenvalue weighted by Gasteiger charge is 2.33. The number of benzene rings is 1. The number of pyridine rings is 1. The molecule has 2 heterocycles. The maximum absolute atomic E-state index is 12.5. The zero-order chi connectivity index (χ0) is 20.1. The van der Waals surface area contributed by atoms with Crippen LogP contribution in [0.4, 0.5) is 0 Å². The second-order valence-corrected chi connectivity index (χ2v) is 7.32. The van der Waals surface area contributed by atoms with Gasteiger partial charge in [-0.15, -0.1) is 0 Å². The fourth-order valence-corrected chi connectivity index (χ4v) is 3.11. The summed E-state index contributed by atoms with van der Waals surface area (Å²) in [6, 6.07) is 11.8.